The Bertz CT molecular complexity index is 554. The first-order chi connectivity index (χ1) is 8.94. The van der Waals surface area contributed by atoms with Gasteiger partial charge in [0.05, 0.1) is 17.7 Å². The average molecular weight is 288 g/mol. The van der Waals surface area contributed by atoms with E-state index in [-0.39, 0.29) is 5.75 Å². The molecule has 1 N–H and O–H groups in total. The van der Waals surface area contributed by atoms with Gasteiger partial charge in [0.15, 0.2) is 0 Å². The van der Waals surface area contributed by atoms with Crippen LogP contribution in [0.4, 0.5) is 18.9 Å². The van der Waals surface area contributed by atoms with Crippen LogP contribution < -0.4 is 10.1 Å². The SMILES string of the molecule is Cc1ncsc1CNc1cccc(OC(F)(F)F)c1. The van der Waals surface area contributed by atoms with Crippen molar-refractivity contribution in [3.63, 3.8) is 0 Å². The fraction of sp³-hybridized carbons (Fsp3) is 0.250. The van der Waals surface area contributed by atoms with Crippen molar-refractivity contribution in [1.29, 1.82) is 0 Å². The van der Waals surface area contributed by atoms with Gasteiger partial charge in [-0.05, 0) is 19.1 Å². The summed E-state index contributed by atoms with van der Waals surface area (Å²) in [7, 11) is 0. The maximum atomic E-state index is 12.1. The predicted octanol–water partition coefficient (Wildman–Crippen LogP) is 3.96. The van der Waals surface area contributed by atoms with E-state index in [1.807, 2.05) is 6.92 Å². The number of halogens is 3. The normalized spacial score (nSPS) is 11.4. The van der Waals surface area contributed by atoms with E-state index in [0.29, 0.717) is 12.2 Å². The molecule has 102 valence electrons. The van der Waals surface area contributed by atoms with Gasteiger partial charge in [0, 0.05) is 16.6 Å². The van der Waals surface area contributed by atoms with Crippen LogP contribution in [0, 0.1) is 6.92 Å². The third-order valence-electron chi connectivity index (χ3n) is 2.37. The van der Waals surface area contributed by atoms with E-state index in [9.17, 15) is 13.2 Å². The van der Waals surface area contributed by atoms with Crippen molar-refractivity contribution in [2.45, 2.75) is 19.8 Å². The first-order valence-corrected chi connectivity index (χ1v) is 6.30. The van der Waals surface area contributed by atoms with E-state index in [1.54, 1.807) is 11.6 Å². The summed E-state index contributed by atoms with van der Waals surface area (Å²) >= 11 is 1.50. The molecule has 0 amide bonds. The number of alkyl halides is 3. The zero-order valence-electron chi connectivity index (χ0n) is 9.99. The number of aromatic nitrogens is 1. The van der Waals surface area contributed by atoms with E-state index in [2.05, 4.69) is 15.0 Å². The van der Waals surface area contributed by atoms with Crippen molar-refractivity contribution in [1.82, 2.24) is 4.98 Å². The molecule has 0 aliphatic rings. The standard InChI is InChI=1S/C12H11F3N2OS/c1-8-11(19-7-17-8)6-16-9-3-2-4-10(5-9)18-12(13,14)15/h2-5,7,16H,6H2,1H3. The van der Waals surface area contributed by atoms with Gasteiger partial charge in [0.25, 0.3) is 0 Å². The molecular formula is C12H11F3N2OS. The topological polar surface area (TPSA) is 34.2 Å². The fourth-order valence-electron chi connectivity index (χ4n) is 1.48. The second-order valence-corrected chi connectivity index (χ2v) is 4.73. The average Bonchev–Trinajstić information content (AvgIpc) is 2.70. The number of ether oxygens (including phenoxy) is 1. The van der Waals surface area contributed by atoms with Crippen LogP contribution >= 0.6 is 11.3 Å². The lowest BCUT2D eigenvalue weighted by molar-refractivity contribution is -0.274. The predicted molar refractivity (Wildman–Crippen MR) is 67.3 cm³/mol. The third-order valence-corrected chi connectivity index (χ3v) is 3.30. The number of nitrogens with zero attached hydrogens (tertiary/aromatic N) is 1. The molecule has 0 unspecified atom stereocenters. The van der Waals surface area contributed by atoms with Crippen LogP contribution in [-0.2, 0) is 6.54 Å². The molecule has 0 bridgehead atoms. The number of thiazole rings is 1. The summed E-state index contributed by atoms with van der Waals surface area (Å²) < 4.78 is 40.1. The van der Waals surface area contributed by atoms with E-state index < -0.39 is 6.36 Å². The maximum Gasteiger partial charge on any atom is 0.573 e. The quantitative estimate of drug-likeness (QED) is 0.924. The van der Waals surface area contributed by atoms with Gasteiger partial charge in [-0.3, -0.25) is 0 Å². The number of rotatable bonds is 4. The van der Waals surface area contributed by atoms with Gasteiger partial charge in [0.2, 0.25) is 0 Å². The fourth-order valence-corrected chi connectivity index (χ4v) is 2.20. The van der Waals surface area contributed by atoms with Gasteiger partial charge >= 0.3 is 6.36 Å². The lowest BCUT2D eigenvalue weighted by Crippen LogP contribution is -2.17. The van der Waals surface area contributed by atoms with E-state index in [0.717, 1.165) is 10.6 Å². The lowest BCUT2D eigenvalue weighted by atomic mass is 10.3. The van der Waals surface area contributed by atoms with Crippen molar-refractivity contribution < 1.29 is 17.9 Å². The number of benzene rings is 1. The van der Waals surface area contributed by atoms with Crippen LogP contribution in [0.5, 0.6) is 5.75 Å². The van der Waals surface area contributed by atoms with Crippen LogP contribution in [-0.4, -0.2) is 11.3 Å². The molecular weight excluding hydrogens is 277 g/mol. The summed E-state index contributed by atoms with van der Waals surface area (Å²) in [5, 5.41) is 3.04. The number of hydrogen-bond acceptors (Lipinski definition) is 4. The minimum atomic E-state index is -4.67. The second kappa shape index (κ2) is 5.48. The lowest BCUT2D eigenvalue weighted by Gasteiger charge is -2.11. The Morgan fingerprint density at radius 2 is 2.16 bits per heavy atom. The number of nitrogens with one attached hydrogen (secondary N) is 1. The molecule has 0 aliphatic heterocycles. The Morgan fingerprint density at radius 3 is 2.79 bits per heavy atom. The monoisotopic (exact) mass is 288 g/mol. The van der Waals surface area contributed by atoms with Crippen LogP contribution in [0.15, 0.2) is 29.8 Å². The Kier molecular flexibility index (Phi) is 3.94. The molecule has 1 aromatic carbocycles. The number of hydrogen-bond donors (Lipinski definition) is 1. The second-order valence-electron chi connectivity index (χ2n) is 3.79. The van der Waals surface area contributed by atoms with E-state index >= 15 is 0 Å². The largest absolute Gasteiger partial charge is 0.573 e. The van der Waals surface area contributed by atoms with E-state index in [4.69, 9.17) is 0 Å². The van der Waals surface area contributed by atoms with Gasteiger partial charge in [-0.25, -0.2) is 4.98 Å². The van der Waals surface area contributed by atoms with Crippen LogP contribution in [0.2, 0.25) is 0 Å². The van der Waals surface area contributed by atoms with Crippen molar-refractivity contribution in [2.75, 3.05) is 5.32 Å². The summed E-state index contributed by atoms with van der Waals surface area (Å²) in [6.07, 6.45) is -4.67. The van der Waals surface area contributed by atoms with Crippen molar-refractivity contribution in [3.8, 4) is 5.75 Å². The summed E-state index contributed by atoms with van der Waals surface area (Å²) in [5.41, 5.74) is 3.21. The molecule has 1 heterocycles. The van der Waals surface area contributed by atoms with Gasteiger partial charge in [-0.2, -0.15) is 0 Å². The molecule has 2 aromatic rings. The van der Waals surface area contributed by atoms with E-state index in [1.165, 1.54) is 29.5 Å². The summed E-state index contributed by atoms with van der Waals surface area (Å²) in [4.78, 5) is 5.14. The molecule has 0 atom stereocenters. The molecule has 7 heteroatoms. The molecule has 0 saturated carbocycles. The third kappa shape index (κ3) is 4.13. The highest BCUT2D eigenvalue weighted by Crippen LogP contribution is 2.25. The molecule has 1 aromatic heterocycles. The minimum absolute atomic E-state index is 0.237. The highest BCUT2D eigenvalue weighted by molar-refractivity contribution is 7.09. The minimum Gasteiger partial charge on any atom is -0.406 e. The Hall–Kier alpha value is -1.76. The smallest absolute Gasteiger partial charge is 0.406 e. The van der Waals surface area contributed by atoms with Crippen molar-refractivity contribution in [3.05, 3.63) is 40.3 Å². The molecule has 2 rings (SSSR count). The Balaban J connectivity index is 2.01. The summed E-state index contributed by atoms with van der Waals surface area (Å²) in [6, 6.07) is 5.75. The van der Waals surface area contributed by atoms with Crippen LogP contribution in [0.3, 0.4) is 0 Å². The molecule has 0 radical (unpaired) electrons. The number of aryl methyl sites for hydroxylation is 1. The first-order valence-electron chi connectivity index (χ1n) is 5.43. The van der Waals surface area contributed by atoms with Crippen LogP contribution in [0.25, 0.3) is 0 Å². The highest BCUT2D eigenvalue weighted by atomic mass is 32.1. The molecule has 0 spiro atoms. The summed E-state index contributed by atoms with van der Waals surface area (Å²) in [6.45, 7) is 2.41. The van der Waals surface area contributed by atoms with Crippen molar-refractivity contribution in [2.24, 2.45) is 0 Å². The Morgan fingerprint density at radius 1 is 1.37 bits per heavy atom. The van der Waals surface area contributed by atoms with Crippen LogP contribution in [0.1, 0.15) is 10.6 Å². The Labute approximate surface area is 112 Å². The zero-order valence-corrected chi connectivity index (χ0v) is 10.8. The van der Waals surface area contributed by atoms with Crippen molar-refractivity contribution >= 4 is 17.0 Å². The highest BCUT2D eigenvalue weighted by Gasteiger charge is 2.31. The van der Waals surface area contributed by atoms with Gasteiger partial charge < -0.3 is 10.1 Å². The van der Waals surface area contributed by atoms with Gasteiger partial charge in [0.1, 0.15) is 5.75 Å². The molecule has 0 aliphatic carbocycles. The first kappa shape index (κ1) is 13.7. The summed E-state index contributed by atoms with van der Waals surface area (Å²) in [5.74, 6) is -0.237. The molecule has 0 fully saturated rings. The molecule has 19 heavy (non-hydrogen) atoms. The molecule has 3 nitrogen and oxygen atoms in total. The van der Waals surface area contributed by atoms with Gasteiger partial charge in [-0.15, -0.1) is 24.5 Å². The zero-order chi connectivity index (χ0) is 13.9. The number of anilines is 1. The maximum absolute atomic E-state index is 12.1. The molecule has 0 saturated heterocycles. The van der Waals surface area contributed by atoms with Gasteiger partial charge in [-0.1, -0.05) is 6.07 Å².